The summed E-state index contributed by atoms with van der Waals surface area (Å²) in [6.45, 7) is 20.7. The maximum absolute atomic E-state index is 14.1. The number of fused-ring (bicyclic) bond motifs is 7. The van der Waals surface area contributed by atoms with Crippen LogP contribution in [0.3, 0.4) is 0 Å². The number of rotatable bonds is 4. The maximum atomic E-state index is 14.1. The molecule has 220 valence electrons. The maximum Gasteiger partial charge on any atom is 0.328 e. The van der Waals surface area contributed by atoms with Gasteiger partial charge in [0, 0.05) is 0 Å². The average Bonchev–Trinajstić information content (AvgIpc) is 3.28. The van der Waals surface area contributed by atoms with E-state index in [9.17, 15) is 14.7 Å². The van der Waals surface area contributed by atoms with Crippen molar-refractivity contribution in [1.29, 1.82) is 0 Å². The summed E-state index contributed by atoms with van der Waals surface area (Å²) in [5, 5.41) is 14.1. The van der Waals surface area contributed by atoms with E-state index < -0.39 is 11.5 Å². The molecular formula is C34H55NO4. The Labute approximate surface area is 237 Å². The summed E-state index contributed by atoms with van der Waals surface area (Å²) >= 11 is 0. The minimum absolute atomic E-state index is 0.0429. The molecule has 11 atom stereocenters. The first kappa shape index (κ1) is 29.1. The van der Waals surface area contributed by atoms with Gasteiger partial charge in [0.15, 0.2) is 0 Å². The van der Waals surface area contributed by atoms with E-state index in [4.69, 9.17) is 4.74 Å². The number of hydrogen-bond acceptors (Lipinski definition) is 4. The van der Waals surface area contributed by atoms with Crippen molar-refractivity contribution in [2.75, 3.05) is 7.11 Å². The quantitative estimate of drug-likeness (QED) is 0.307. The summed E-state index contributed by atoms with van der Waals surface area (Å²) in [4.78, 5) is 26.3. The Balaban J connectivity index is 1.52. The van der Waals surface area contributed by atoms with E-state index in [1.807, 2.05) is 0 Å². The monoisotopic (exact) mass is 541 g/mol. The van der Waals surface area contributed by atoms with Crippen molar-refractivity contribution in [3.05, 3.63) is 12.2 Å². The average molecular weight is 542 g/mol. The number of hydrogen-bond donors (Lipinski definition) is 2. The molecule has 0 heterocycles. The van der Waals surface area contributed by atoms with Crippen molar-refractivity contribution in [2.24, 2.45) is 56.7 Å². The topological polar surface area (TPSA) is 75.6 Å². The molecule has 0 radical (unpaired) electrons. The van der Waals surface area contributed by atoms with Gasteiger partial charge >= 0.3 is 5.97 Å². The van der Waals surface area contributed by atoms with E-state index in [-0.39, 0.29) is 45.6 Å². The molecule has 5 rings (SSSR count). The predicted molar refractivity (Wildman–Crippen MR) is 155 cm³/mol. The molecule has 0 aliphatic heterocycles. The molecule has 0 spiro atoms. The van der Waals surface area contributed by atoms with Gasteiger partial charge in [0.25, 0.3) is 0 Å². The Morgan fingerprint density at radius 1 is 0.897 bits per heavy atom. The second-order valence-corrected chi connectivity index (χ2v) is 15.9. The van der Waals surface area contributed by atoms with Crippen molar-refractivity contribution in [1.82, 2.24) is 5.32 Å². The number of allylic oxidation sites excluding steroid dienone is 1. The summed E-state index contributed by atoms with van der Waals surface area (Å²) in [5.74, 6) is 1.96. The minimum atomic E-state index is -0.636. The van der Waals surface area contributed by atoms with E-state index in [0.717, 1.165) is 44.9 Å². The van der Waals surface area contributed by atoms with E-state index >= 15 is 0 Å². The van der Waals surface area contributed by atoms with E-state index in [1.54, 1.807) is 6.92 Å². The third kappa shape index (κ3) is 3.79. The van der Waals surface area contributed by atoms with Crippen LogP contribution < -0.4 is 5.32 Å². The highest BCUT2D eigenvalue weighted by Gasteiger charge is 2.71. The molecule has 0 saturated heterocycles. The second kappa shape index (κ2) is 9.33. The van der Waals surface area contributed by atoms with Crippen LogP contribution in [0.2, 0.25) is 0 Å². The van der Waals surface area contributed by atoms with Crippen molar-refractivity contribution < 1.29 is 19.4 Å². The van der Waals surface area contributed by atoms with Gasteiger partial charge in [-0.25, -0.2) is 4.79 Å². The number of ether oxygens (including phenoxy) is 1. The fourth-order valence-electron chi connectivity index (χ4n) is 12.1. The summed E-state index contributed by atoms with van der Waals surface area (Å²) in [5.41, 5.74) is 1.35. The summed E-state index contributed by atoms with van der Waals surface area (Å²) in [6.07, 6.45) is 10.5. The zero-order valence-corrected chi connectivity index (χ0v) is 26.0. The van der Waals surface area contributed by atoms with Crippen LogP contribution in [0.5, 0.6) is 0 Å². The van der Waals surface area contributed by atoms with Gasteiger partial charge in [0.2, 0.25) is 5.91 Å². The Kier molecular flexibility index (Phi) is 6.97. The lowest BCUT2D eigenvalue weighted by Crippen LogP contribution is -2.67. The van der Waals surface area contributed by atoms with Gasteiger partial charge < -0.3 is 15.2 Å². The number of amides is 1. The predicted octanol–water partition coefficient (Wildman–Crippen LogP) is 6.68. The minimum Gasteiger partial charge on any atom is -0.467 e. The molecular weight excluding hydrogens is 486 g/mol. The van der Waals surface area contributed by atoms with Crippen molar-refractivity contribution >= 4 is 11.9 Å². The first-order valence-corrected chi connectivity index (χ1v) is 15.8. The molecule has 0 unspecified atom stereocenters. The lowest BCUT2D eigenvalue weighted by molar-refractivity contribution is -0.246. The number of aliphatic hydroxyl groups excluding tert-OH is 1. The molecule has 5 nitrogen and oxygen atoms in total. The number of methoxy groups -OCH3 is 1. The van der Waals surface area contributed by atoms with Gasteiger partial charge in [-0.2, -0.15) is 0 Å². The van der Waals surface area contributed by atoms with Crippen LogP contribution >= 0.6 is 0 Å². The van der Waals surface area contributed by atoms with Crippen LogP contribution in [0, 0.1) is 56.7 Å². The second-order valence-electron chi connectivity index (χ2n) is 15.9. The Hall–Kier alpha value is -1.36. The molecule has 39 heavy (non-hydrogen) atoms. The molecule has 0 aromatic rings. The van der Waals surface area contributed by atoms with Gasteiger partial charge in [0.05, 0.1) is 18.6 Å². The van der Waals surface area contributed by atoms with Gasteiger partial charge in [-0.05, 0) is 129 Å². The van der Waals surface area contributed by atoms with Gasteiger partial charge in [-0.15, -0.1) is 0 Å². The largest absolute Gasteiger partial charge is 0.467 e. The Morgan fingerprint density at radius 3 is 2.23 bits per heavy atom. The van der Waals surface area contributed by atoms with E-state index in [0.29, 0.717) is 23.7 Å². The highest BCUT2D eigenvalue weighted by molar-refractivity contribution is 5.88. The fourth-order valence-corrected chi connectivity index (χ4v) is 12.1. The van der Waals surface area contributed by atoms with E-state index in [1.165, 1.54) is 31.9 Å². The zero-order chi connectivity index (χ0) is 28.8. The van der Waals surface area contributed by atoms with Gasteiger partial charge in [-0.1, -0.05) is 46.8 Å². The third-order valence-corrected chi connectivity index (χ3v) is 14.4. The summed E-state index contributed by atoms with van der Waals surface area (Å²) in [7, 11) is 1.38. The molecule has 2 N–H and O–H groups in total. The number of carbonyl (C=O) groups is 2. The standard InChI is InChI=1S/C34H55NO4/c1-20(2)22-12-17-34(29(38)35-21(3)28(37)39-9)19-18-32(7)23(27(22)34)10-11-25-31(6)15-14-26(36)30(4,5)24(31)13-16-33(25,32)8/h21-27,36H,1,10-19H2,2-9H3,(H,35,38)/t21-,22-,23+,24-,25+,26-,27+,31-,32+,33+,34-/m0/s1. The molecule has 5 heteroatoms. The van der Waals surface area contributed by atoms with Crippen LogP contribution in [-0.2, 0) is 14.3 Å². The molecule has 0 aromatic heterocycles. The highest BCUT2D eigenvalue weighted by Crippen LogP contribution is 2.77. The fraction of sp³-hybridized carbons (Fsp3) is 0.882. The number of esters is 1. The first-order chi connectivity index (χ1) is 18.1. The lowest BCUT2D eigenvalue weighted by Gasteiger charge is -2.72. The molecule has 1 amide bonds. The Bertz CT molecular complexity index is 1040. The molecule has 0 aromatic carbocycles. The van der Waals surface area contributed by atoms with Crippen LogP contribution in [-0.4, -0.2) is 36.2 Å². The van der Waals surface area contributed by atoms with Crippen molar-refractivity contribution in [3.8, 4) is 0 Å². The third-order valence-electron chi connectivity index (χ3n) is 14.4. The van der Waals surface area contributed by atoms with Gasteiger partial charge in [0.1, 0.15) is 6.04 Å². The molecule has 5 aliphatic rings. The van der Waals surface area contributed by atoms with Crippen LogP contribution in [0.15, 0.2) is 12.2 Å². The summed E-state index contributed by atoms with van der Waals surface area (Å²) < 4.78 is 4.93. The van der Waals surface area contributed by atoms with Crippen LogP contribution in [0.25, 0.3) is 0 Å². The van der Waals surface area contributed by atoms with Crippen molar-refractivity contribution in [2.45, 2.75) is 125 Å². The molecule has 0 bridgehead atoms. The number of nitrogens with one attached hydrogen (secondary N) is 1. The molecule has 5 aliphatic carbocycles. The SMILES string of the molecule is C=C(C)[C@@H]1CC[C@]2(C(=O)N[C@@H](C)C(=O)OC)CC[C@]3(C)[C@H](CC[C@@H]4[C@@]5(C)CC[C@H](O)C(C)(C)[C@@H]5CC[C@]43C)[C@@H]12. The zero-order valence-electron chi connectivity index (χ0n) is 26.0. The smallest absolute Gasteiger partial charge is 0.328 e. The Morgan fingerprint density at radius 2 is 1.59 bits per heavy atom. The normalized spacial score (nSPS) is 48.9. The number of aliphatic hydroxyl groups is 1. The van der Waals surface area contributed by atoms with Gasteiger partial charge in [-0.3, -0.25) is 4.79 Å². The van der Waals surface area contributed by atoms with Crippen LogP contribution in [0.4, 0.5) is 0 Å². The first-order valence-electron chi connectivity index (χ1n) is 15.8. The van der Waals surface area contributed by atoms with Crippen molar-refractivity contribution in [3.63, 3.8) is 0 Å². The highest BCUT2D eigenvalue weighted by atomic mass is 16.5. The van der Waals surface area contributed by atoms with E-state index in [2.05, 4.69) is 53.4 Å². The lowest BCUT2D eigenvalue weighted by atomic mass is 9.32. The van der Waals surface area contributed by atoms with Crippen LogP contribution in [0.1, 0.15) is 113 Å². The summed E-state index contributed by atoms with van der Waals surface area (Å²) in [6, 6.07) is -0.636. The molecule has 5 fully saturated rings. The molecule has 5 saturated carbocycles. The number of carbonyl (C=O) groups excluding carboxylic acids is 2.